The third-order valence-electron chi connectivity index (χ3n) is 3.48. The number of amides is 1. The zero-order valence-corrected chi connectivity index (χ0v) is 12.7. The molecule has 1 aliphatic rings. The van der Waals surface area contributed by atoms with Crippen molar-refractivity contribution >= 4 is 23.6 Å². The Morgan fingerprint density at radius 1 is 1.38 bits per heavy atom. The number of piperidine rings is 1. The van der Waals surface area contributed by atoms with E-state index in [1.165, 1.54) is 13.2 Å². The summed E-state index contributed by atoms with van der Waals surface area (Å²) in [5, 5.41) is 0. The van der Waals surface area contributed by atoms with Crippen LogP contribution in [0.15, 0.2) is 29.2 Å². The monoisotopic (exact) mass is 311 g/mol. The van der Waals surface area contributed by atoms with Gasteiger partial charge in [-0.3, -0.25) is 4.79 Å². The predicted molar refractivity (Wildman–Crippen MR) is 78.5 cm³/mol. The van der Waals surface area contributed by atoms with Gasteiger partial charge in [-0.25, -0.2) is 9.18 Å². The number of benzene rings is 1. The number of rotatable bonds is 4. The molecule has 6 heteroatoms. The number of halogens is 1. The second kappa shape index (κ2) is 7.45. The molecule has 0 aromatic heterocycles. The van der Waals surface area contributed by atoms with Crippen LogP contribution in [0.3, 0.4) is 0 Å². The summed E-state index contributed by atoms with van der Waals surface area (Å²) in [5.74, 6) is -0.746. The van der Waals surface area contributed by atoms with Crippen molar-refractivity contribution in [2.24, 2.45) is 0 Å². The maximum Gasteiger partial charge on any atom is 0.328 e. The summed E-state index contributed by atoms with van der Waals surface area (Å²) in [6.45, 7) is 0.552. The van der Waals surface area contributed by atoms with E-state index in [2.05, 4.69) is 0 Å². The largest absolute Gasteiger partial charge is 0.467 e. The van der Waals surface area contributed by atoms with Gasteiger partial charge in [-0.1, -0.05) is 12.1 Å². The zero-order chi connectivity index (χ0) is 15.2. The minimum Gasteiger partial charge on any atom is -0.467 e. The van der Waals surface area contributed by atoms with Crippen molar-refractivity contribution in [3.05, 3.63) is 30.1 Å². The molecule has 1 saturated heterocycles. The number of likely N-dealkylation sites (tertiary alicyclic amines) is 1. The fraction of sp³-hybridized carbons (Fsp3) is 0.467. The second-order valence-corrected chi connectivity index (χ2v) is 5.86. The third kappa shape index (κ3) is 3.97. The molecule has 0 bridgehead atoms. The van der Waals surface area contributed by atoms with Crippen LogP contribution in [0, 0.1) is 5.82 Å². The molecule has 0 saturated carbocycles. The number of hydrogen-bond acceptors (Lipinski definition) is 4. The molecule has 1 fully saturated rings. The lowest BCUT2D eigenvalue weighted by atomic mass is 10.0. The maximum atomic E-state index is 13.5. The molecule has 21 heavy (non-hydrogen) atoms. The van der Waals surface area contributed by atoms with Gasteiger partial charge in [0, 0.05) is 11.4 Å². The summed E-state index contributed by atoms with van der Waals surface area (Å²) in [6, 6.07) is 5.84. The molecule has 1 aromatic carbocycles. The first kappa shape index (κ1) is 15.8. The van der Waals surface area contributed by atoms with Gasteiger partial charge in [0.1, 0.15) is 11.9 Å². The standard InChI is InChI=1S/C15H18FNO3S/c1-20-15(19)12-7-4-5-9-17(12)14(18)10-21-13-8-3-2-6-11(13)16/h2-3,6,8,12H,4-5,7,9-10H2,1H3/t12-/m1/s1. The molecule has 0 spiro atoms. The Bertz CT molecular complexity index is 523. The van der Waals surface area contributed by atoms with Crippen molar-refractivity contribution in [1.29, 1.82) is 0 Å². The first-order valence-electron chi connectivity index (χ1n) is 6.88. The Balaban J connectivity index is 1.98. The minimum atomic E-state index is -0.502. The van der Waals surface area contributed by atoms with Crippen molar-refractivity contribution in [2.45, 2.75) is 30.2 Å². The molecule has 2 rings (SSSR count). The summed E-state index contributed by atoms with van der Waals surface area (Å²) in [5.41, 5.74) is 0. The van der Waals surface area contributed by atoms with E-state index in [0.717, 1.165) is 24.6 Å². The highest BCUT2D eigenvalue weighted by Crippen LogP contribution is 2.24. The van der Waals surface area contributed by atoms with Crippen LogP contribution < -0.4 is 0 Å². The normalized spacial score (nSPS) is 18.4. The van der Waals surface area contributed by atoms with E-state index < -0.39 is 6.04 Å². The lowest BCUT2D eigenvalue weighted by Crippen LogP contribution is -2.49. The quantitative estimate of drug-likeness (QED) is 0.633. The van der Waals surface area contributed by atoms with Gasteiger partial charge < -0.3 is 9.64 Å². The zero-order valence-electron chi connectivity index (χ0n) is 11.9. The van der Waals surface area contributed by atoms with Crippen LogP contribution in [-0.4, -0.2) is 42.2 Å². The van der Waals surface area contributed by atoms with E-state index in [9.17, 15) is 14.0 Å². The number of esters is 1. The smallest absolute Gasteiger partial charge is 0.328 e. The SMILES string of the molecule is COC(=O)[C@H]1CCCCN1C(=O)CSc1ccccc1F. The number of hydrogen-bond donors (Lipinski definition) is 0. The third-order valence-corrected chi connectivity index (χ3v) is 4.52. The molecule has 1 amide bonds. The van der Waals surface area contributed by atoms with Crippen LogP contribution in [0.25, 0.3) is 0 Å². The number of methoxy groups -OCH3 is 1. The van der Waals surface area contributed by atoms with E-state index in [1.807, 2.05) is 0 Å². The summed E-state index contributed by atoms with van der Waals surface area (Å²) >= 11 is 1.15. The first-order valence-corrected chi connectivity index (χ1v) is 7.86. The summed E-state index contributed by atoms with van der Waals surface area (Å²) in [7, 11) is 1.33. The molecule has 1 heterocycles. The number of carbonyl (C=O) groups is 2. The molecule has 114 valence electrons. The minimum absolute atomic E-state index is 0.119. The van der Waals surface area contributed by atoms with Crippen molar-refractivity contribution in [3.63, 3.8) is 0 Å². The molecule has 0 aliphatic carbocycles. The van der Waals surface area contributed by atoms with Gasteiger partial charge in [0.2, 0.25) is 5.91 Å². The van der Waals surface area contributed by atoms with Crippen molar-refractivity contribution in [1.82, 2.24) is 4.90 Å². The van der Waals surface area contributed by atoms with Crippen molar-refractivity contribution < 1.29 is 18.7 Å². The highest BCUT2D eigenvalue weighted by molar-refractivity contribution is 8.00. The molecule has 0 unspecified atom stereocenters. The molecular weight excluding hydrogens is 293 g/mol. The molecule has 0 N–H and O–H groups in total. The number of carbonyl (C=O) groups excluding carboxylic acids is 2. The Morgan fingerprint density at radius 3 is 2.86 bits per heavy atom. The van der Waals surface area contributed by atoms with Gasteiger partial charge in [0.05, 0.1) is 12.9 Å². The second-order valence-electron chi connectivity index (χ2n) is 4.84. The lowest BCUT2D eigenvalue weighted by molar-refractivity contribution is -0.153. The van der Waals surface area contributed by atoms with Crippen LogP contribution in [0.2, 0.25) is 0 Å². The number of ether oxygens (including phenoxy) is 1. The topological polar surface area (TPSA) is 46.6 Å². The average molecular weight is 311 g/mol. The van der Waals surface area contributed by atoms with Gasteiger partial charge in [-0.05, 0) is 31.4 Å². The molecule has 4 nitrogen and oxygen atoms in total. The van der Waals surface area contributed by atoms with Crippen molar-refractivity contribution in [3.8, 4) is 0 Å². The first-order chi connectivity index (χ1) is 10.1. The highest BCUT2D eigenvalue weighted by Gasteiger charge is 2.32. The Labute approximate surface area is 127 Å². The summed E-state index contributed by atoms with van der Waals surface area (Å²) in [4.78, 5) is 26.0. The van der Waals surface area contributed by atoms with E-state index >= 15 is 0 Å². The van der Waals surface area contributed by atoms with Gasteiger partial charge in [0.25, 0.3) is 0 Å². The van der Waals surface area contributed by atoms with E-state index in [-0.39, 0.29) is 23.4 Å². The van der Waals surface area contributed by atoms with Crippen LogP contribution in [0.4, 0.5) is 4.39 Å². The maximum absolute atomic E-state index is 13.5. The molecule has 1 aromatic rings. The van der Waals surface area contributed by atoms with Gasteiger partial charge in [-0.2, -0.15) is 0 Å². The average Bonchev–Trinajstić information content (AvgIpc) is 2.53. The van der Waals surface area contributed by atoms with Crippen LogP contribution in [0.1, 0.15) is 19.3 Å². The predicted octanol–water partition coefficient (Wildman–Crippen LogP) is 2.47. The molecule has 1 aliphatic heterocycles. The van der Waals surface area contributed by atoms with E-state index in [1.54, 1.807) is 23.1 Å². The van der Waals surface area contributed by atoms with Gasteiger partial charge >= 0.3 is 5.97 Å². The lowest BCUT2D eigenvalue weighted by Gasteiger charge is -2.33. The Kier molecular flexibility index (Phi) is 5.61. The highest BCUT2D eigenvalue weighted by atomic mass is 32.2. The number of nitrogens with zero attached hydrogens (tertiary/aromatic N) is 1. The number of thioether (sulfide) groups is 1. The molecular formula is C15H18FNO3S. The van der Waals surface area contributed by atoms with Crippen molar-refractivity contribution in [2.75, 3.05) is 19.4 Å². The van der Waals surface area contributed by atoms with E-state index in [0.29, 0.717) is 17.9 Å². The van der Waals surface area contributed by atoms with Gasteiger partial charge in [-0.15, -0.1) is 11.8 Å². The van der Waals surface area contributed by atoms with Crippen LogP contribution in [-0.2, 0) is 14.3 Å². The van der Waals surface area contributed by atoms with Crippen LogP contribution >= 0.6 is 11.8 Å². The fourth-order valence-electron chi connectivity index (χ4n) is 2.40. The molecule has 0 radical (unpaired) electrons. The Hall–Kier alpha value is -1.56. The fourth-order valence-corrected chi connectivity index (χ4v) is 3.22. The summed E-state index contributed by atoms with van der Waals surface area (Å²) < 4.78 is 18.3. The van der Waals surface area contributed by atoms with Gasteiger partial charge in [0.15, 0.2) is 0 Å². The molecule has 1 atom stereocenters. The Morgan fingerprint density at radius 2 is 2.14 bits per heavy atom. The van der Waals surface area contributed by atoms with Crippen LogP contribution in [0.5, 0.6) is 0 Å². The van der Waals surface area contributed by atoms with E-state index in [4.69, 9.17) is 4.74 Å². The summed E-state index contributed by atoms with van der Waals surface area (Å²) in [6.07, 6.45) is 2.41.